The van der Waals surface area contributed by atoms with Crippen molar-refractivity contribution in [2.24, 2.45) is 5.41 Å². The van der Waals surface area contributed by atoms with Crippen molar-refractivity contribution in [2.75, 3.05) is 31.2 Å². The molecular weight excluding hydrogens is 591 g/mol. The Morgan fingerprint density at radius 1 is 1.36 bits per heavy atom. The quantitative estimate of drug-likeness (QED) is 0.152. The summed E-state index contributed by atoms with van der Waals surface area (Å²) in [5.41, 5.74) is 2.81. The van der Waals surface area contributed by atoms with E-state index in [2.05, 4.69) is 15.0 Å². The Bertz CT molecular complexity index is 1520. The van der Waals surface area contributed by atoms with Crippen LogP contribution in [0.25, 0.3) is 11.2 Å². The molecule has 17 heteroatoms. The first kappa shape index (κ1) is 32.3. The molecule has 42 heavy (non-hydrogen) atoms. The summed E-state index contributed by atoms with van der Waals surface area (Å²) in [6.45, 7) is 3.59. The van der Waals surface area contributed by atoms with Crippen LogP contribution in [0, 0.1) is 5.41 Å². The molecule has 1 saturated heterocycles. The van der Waals surface area contributed by atoms with E-state index in [1.807, 2.05) is 0 Å². The number of ether oxygens (including phenoxy) is 1. The van der Waals surface area contributed by atoms with Gasteiger partial charge in [-0.2, -0.15) is 4.98 Å². The number of rotatable bonds is 12. The van der Waals surface area contributed by atoms with Gasteiger partial charge >= 0.3 is 7.75 Å². The zero-order chi connectivity index (χ0) is 30.9. The number of thioether (sulfide) groups is 1. The molecule has 1 aliphatic heterocycles. The number of carbonyl (C=O) groups excluding carboxylic acids is 1. The molecular formula is C25H35N6O9PS. The van der Waals surface area contributed by atoms with Gasteiger partial charge in [0.2, 0.25) is 5.95 Å². The van der Waals surface area contributed by atoms with Crippen LogP contribution >= 0.6 is 19.5 Å². The van der Waals surface area contributed by atoms with Crippen LogP contribution in [-0.4, -0.2) is 92.8 Å². The maximum absolute atomic E-state index is 13.5. The lowest BCUT2D eigenvalue weighted by Crippen LogP contribution is -2.44. The topological polar surface area (TPSA) is 226 Å². The Balaban J connectivity index is 1.49. The smallest absolute Gasteiger partial charge is 0.395 e. The lowest BCUT2D eigenvalue weighted by atomic mass is 9.96. The highest BCUT2D eigenvalue weighted by molar-refractivity contribution is 8.13. The van der Waals surface area contributed by atoms with Gasteiger partial charge in [-0.15, -0.1) is 0 Å². The second kappa shape index (κ2) is 12.5. The second-order valence-electron chi connectivity index (χ2n) is 10.8. The summed E-state index contributed by atoms with van der Waals surface area (Å²) in [4.78, 5) is 46.0. The predicted molar refractivity (Wildman–Crippen MR) is 154 cm³/mol. The first-order valence-electron chi connectivity index (χ1n) is 13.0. The van der Waals surface area contributed by atoms with Crippen molar-refractivity contribution in [3.8, 4) is 0 Å². The van der Waals surface area contributed by atoms with Gasteiger partial charge in [-0.1, -0.05) is 42.1 Å². The van der Waals surface area contributed by atoms with Crippen LogP contribution in [0.5, 0.6) is 0 Å². The van der Waals surface area contributed by atoms with E-state index in [1.165, 1.54) is 22.5 Å². The van der Waals surface area contributed by atoms with Crippen LogP contribution in [0.3, 0.4) is 0 Å². The van der Waals surface area contributed by atoms with E-state index < -0.39 is 49.4 Å². The number of nitrogens with zero attached hydrogens (tertiary/aromatic N) is 4. The number of benzene rings is 1. The first-order valence-corrected chi connectivity index (χ1v) is 15.5. The van der Waals surface area contributed by atoms with Crippen LogP contribution in [0.4, 0.5) is 5.95 Å². The Kier molecular flexibility index (Phi) is 9.62. The Labute approximate surface area is 245 Å². The molecule has 1 unspecified atom stereocenters. The highest BCUT2D eigenvalue weighted by Gasteiger charge is 2.54. The predicted octanol–water partition coefficient (Wildman–Crippen LogP) is 0.609. The molecule has 3 heterocycles. The van der Waals surface area contributed by atoms with Crippen molar-refractivity contribution in [2.45, 2.75) is 51.4 Å². The molecule has 0 bridgehead atoms. The number of nitrogens with one attached hydrogen (secondary N) is 1. The van der Waals surface area contributed by atoms with Gasteiger partial charge in [-0.05, 0) is 26.3 Å². The standard InChI is InChI=1S/C25H35N6O9PS/c1-24(2,13-32)22(35)42-10-9-30(11-15-7-5-4-6-8-15)41(37,38)39-12-16-18(33)25(3,36)21(40-16)31-14-27-17-19(31)28-23(26)29-20(17)34/h4-8,14,16,18,21,32-33,36H,9-13H2,1-3H3,(H,37,38)(H3,26,28,29,34)/t16-,18-,21-,25-/m1/s1. The van der Waals surface area contributed by atoms with Crippen molar-refractivity contribution in [3.63, 3.8) is 0 Å². The molecule has 3 aromatic rings. The zero-order valence-corrected chi connectivity index (χ0v) is 25.0. The molecule has 2 aromatic heterocycles. The molecule has 0 saturated carbocycles. The molecule has 15 nitrogen and oxygen atoms in total. The molecule has 1 aromatic carbocycles. The fourth-order valence-electron chi connectivity index (χ4n) is 4.34. The molecule has 1 aliphatic rings. The summed E-state index contributed by atoms with van der Waals surface area (Å²) in [6, 6.07) is 8.90. The van der Waals surface area contributed by atoms with Crippen molar-refractivity contribution in [1.29, 1.82) is 0 Å². The van der Waals surface area contributed by atoms with Crippen LogP contribution in [0.1, 0.15) is 32.6 Å². The van der Waals surface area contributed by atoms with Gasteiger partial charge in [-0.3, -0.25) is 23.7 Å². The monoisotopic (exact) mass is 626 g/mol. The lowest BCUT2D eigenvalue weighted by molar-refractivity contribution is -0.119. The molecule has 230 valence electrons. The van der Waals surface area contributed by atoms with Gasteiger partial charge in [0, 0.05) is 18.8 Å². The minimum atomic E-state index is -4.54. The summed E-state index contributed by atoms with van der Waals surface area (Å²) in [7, 11) is -4.54. The van der Waals surface area contributed by atoms with Crippen molar-refractivity contribution < 1.29 is 38.8 Å². The highest BCUT2D eigenvalue weighted by Crippen LogP contribution is 2.49. The number of nitrogen functional groups attached to an aromatic ring is 1. The van der Waals surface area contributed by atoms with Gasteiger partial charge in [-0.25, -0.2) is 14.2 Å². The summed E-state index contributed by atoms with van der Waals surface area (Å²) in [6.07, 6.45) is -2.93. The number of aliphatic hydroxyl groups is 3. The molecule has 1 fully saturated rings. The van der Waals surface area contributed by atoms with Crippen molar-refractivity contribution in [3.05, 3.63) is 52.6 Å². The minimum absolute atomic E-state index is 0.00795. The van der Waals surface area contributed by atoms with Crippen molar-refractivity contribution >= 4 is 41.7 Å². The minimum Gasteiger partial charge on any atom is -0.395 e. The largest absolute Gasteiger partial charge is 0.406 e. The maximum Gasteiger partial charge on any atom is 0.406 e. The van der Waals surface area contributed by atoms with E-state index in [-0.39, 0.29) is 47.7 Å². The molecule has 4 rings (SSSR count). The van der Waals surface area contributed by atoms with Gasteiger partial charge in [0.25, 0.3) is 5.56 Å². The lowest BCUT2D eigenvalue weighted by Gasteiger charge is -2.28. The van der Waals surface area contributed by atoms with Crippen LogP contribution in [0.2, 0.25) is 0 Å². The molecule has 0 spiro atoms. The van der Waals surface area contributed by atoms with Crippen LogP contribution < -0.4 is 11.3 Å². The number of aliphatic hydroxyl groups excluding tert-OH is 2. The number of fused-ring (bicyclic) bond motifs is 1. The maximum atomic E-state index is 13.5. The number of nitrogens with two attached hydrogens (primary N) is 1. The summed E-state index contributed by atoms with van der Waals surface area (Å²) >= 11 is 0.934. The molecule has 0 amide bonds. The average Bonchev–Trinajstić information content (AvgIpc) is 3.45. The number of carbonyl (C=O) groups is 1. The Morgan fingerprint density at radius 2 is 2.05 bits per heavy atom. The van der Waals surface area contributed by atoms with Gasteiger partial charge in [0.05, 0.1) is 25.0 Å². The van der Waals surface area contributed by atoms with E-state index in [4.69, 9.17) is 15.0 Å². The number of hydrogen-bond donors (Lipinski definition) is 6. The summed E-state index contributed by atoms with van der Waals surface area (Å²) in [5.74, 6) is -0.0440. The SMILES string of the molecule is CC(C)(CO)C(=O)SCCN(Cc1ccccc1)P(=O)(O)OC[C@H]1O[C@@H](n2cnc3c(=O)[nH]c(N)nc32)[C@](C)(O)[C@@H]1O. The van der Waals surface area contributed by atoms with Gasteiger partial charge in [0.1, 0.15) is 17.8 Å². The Hall–Kier alpha value is -2.66. The van der Waals surface area contributed by atoms with E-state index in [9.17, 15) is 34.4 Å². The third kappa shape index (κ3) is 6.77. The molecule has 0 radical (unpaired) electrons. The number of anilines is 1. The number of imidazole rings is 1. The first-order chi connectivity index (χ1) is 19.7. The van der Waals surface area contributed by atoms with E-state index in [1.54, 1.807) is 44.2 Å². The van der Waals surface area contributed by atoms with Crippen molar-refractivity contribution in [1.82, 2.24) is 24.2 Å². The third-order valence-corrected chi connectivity index (χ3v) is 9.70. The Morgan fingerprint density at radius 3 is 2.71 bits per heavy atom. The molecule has 0 aliphatic carbocycles. The summed E-state index contributed by atoms with van der Waals surface area (Å²) in [5, 5.41) is 31.2. The number of aromatic nitrogens is 4. The molecule has 5 atom stereocenters. The van der Waals surface area contributed by atoms with E-state index >= 15 is 0 Å². The highest BCUT2D eigenvalue weighted by atomic mass is 32.2. The zero-order valence-electron chi connectivity index (χ0n) is 23.3. The normalized spacial score (nSPS) is 24.3. The number of hydrogen-bond acceptors (Lipinski definition) is 12. The van der Waals surface area contributed by atoms with Gasteiger partial charge < -0.3 is 30.7 Å². The second-order valence-corrected chi connectivity index (χ2v) is 13.7. The van der Waals surface area contributed by atoms with E-state index in [0.29, 0.717) is 0 Å². The van der Waals surface area contributed by atoms with Gasteiger partial charge in [0.15, 0.2) is 22.5 Å². The van der Waals surface area contributed by atoms with E-state index in [0.717, 1.165) is 17.3 Å². The van der Waals surface area contributed by atoms with Crippen LogP contribution in [-0.2, 0) is 25.2 Å². The number of aromatic amines is 1. The summed E-state index contributed by atoms with van der Waals surface area (Å²) < 4.78 is 27.2. The molecule has 7 N–H and O–H groups in total. The fraction of sp³-hybridized carbons (Fsp3) is 0.520. The number of H-pyrrole nitrogens is 1. The van der Waals surface area contributed by atoms with Crippen LogP contribution in [0.15, 0.2) is 41.5 Å². The average molecular weight is 627 g/mol. The third-order valence-electron chi connectivity index (χ3n) is 6.96. The fourth-order valence-corrected chi connectivity index (χ4v) is 6.62.